The molecule has 1 aromatic heterocycles. The highest BCUT2D eigenvalue weighted by molar-refractivity contribution is 5.94. The largest absolute Gasteiger partial charge is 0.472 e. The van der Waals surface area contributed by atoms with E-state index in [0.717, 1.165) is 12.0 Å². The van der Waals surface area contributed by atoms with E-state index in [-0.39, 0.29) is 24.2 Å². The zero-order chi connectivity index (χ0) is 18.5. The normalized spacial score (nSPS) is 52.5. The van der Waals surface area contributed by atoms with Gasteiger partial charge in [-0.05, 0) is 45.6 Å². The number of ketones is 1. The van der Waals surface area contributed by atoms with Gasteiger partial charge in [-0.15, -0.1) is 0 Å². The summed E-state index contributed by atoms with van der Waals surface area (Å²) in [6.07, 6.45) is 4.49. The number of fused-ring (bicyclic) bond motifs is 4. The number of epoxide rings is 1. The molecule has 2 saturated carbocycles. The molecule has 1 spiro atoms. The van der Waals surface area contributed by atoms with E-state index in [1.54, 1.807) is 25.5 Å². The Morgan fingerprint density at radius 1 is 1.19 bits per heavy atom. The second kappa shape index (κ2) is 4.60. The second-order valence-electron chi connectivity index (χ2n) is 9.05. The third kappa shape index (κ3) is 1.62. The Morgan fingerprint density at radius 3 is 2.65 bits per heavy atom. The molecular weight excluding hydrogens is 336 g/mol. The zero-order valence-corrected chi connectivity index (χ0v) is 15.3. The van der Waals surface area contributed by atoms with Crippen LogP contribution in [0.1, 0.15) is 58.1 Å². The number of Topliss-reactive ketones (excluding diaryl/α,β-unsaturated/α-hetero) is 1. The monoisotopic (exact) mass is 360 g/mol. The summed E-state index contributed by atoms with van der Waals surface area (Å²) in [7, 11) is 0. The van der Waals surface area contributed by atoms with Crippen LogP contribution in [-0.2, 0) is 19.1 Å². The molecule has 2 aliphatic heterocycles. The molecule has 26 heavy (non-hydrogen) atoms. The van der Waals surface area contributed by atoms with Crippen molar-refractivity contribution in [2.45, 2.75) is 69.9 Å². The SMILES string of the molecule is C[C@]1(O)CC(=O)[C@@]2(C)[C@H](CC[C@H]3O[C@]32C)[C@@]12C[C@H](c1ccoc1)OC2=O. The van der Waals surface area contributed by atoms with Gasteiger partial charge in [0.25, 0.3) is 0 Å². The van der Waals surface area contributed by atoms with Gasteiger partial charge in [-0.2, -0.15) is 0 Å². The standard InChI is InChI=1S/C20H24O6/c1-17(23)9-14(21)18(2)13(4-5-15-19(18,3)26-15)20(17)8-12(25-16(20)22)11-6-7-24-10-11/h6-7,10,12-13,15,23H,4-5,8-9H2,1-3H3/t12-,13+,15-,17+,18-,19-,20-/m1/s1. The summed E-state index contributed by atoms with van der Waals surface area (Å²) in [5.74, 6) is -0.720. The minimum atomic E-state index is -1.44. The highest BCUT2D eigenvalue weighted by Gasteiger charge is 2.80. The summed E-state index contributed by atoms with van der Waals surface area (Å²) in [5, 5.41) is 11.3. The van der Waals surface area contributed by atoms with Gasteiger partial charge in [0, 0.05) is 18.4 Å². The number of hydrogen-bond donors (Lipinski definition) is 1. The predicted octanol–water partition coefficient (Wildman–Crippen LogP) is 2.55. The molecule has 4 fully saturated rings. The lowest BCUT2D eigenvalue weighted by Gasteiger charge is -2.58. The molecule has 0 bridgehead atoms. The van der Waals surface area contributed by atoms with E-state index in [9.17, 15) is 14.7 Å². The van der Waals surface area contributed by atoms with Crippen LogP contribution in [0.3, 0.4) is 0 Å². The molecule has 2 aliphatic carbocycles. The van der Waals surface area contributed by atoms with Crippen LogP contribution in [0.5, 0.6) is 0 Å². The first-order valence-electron chi connectivity index (χ1n) is 9.33. The summed E-state index contributed by atoms with van der Waals surface area (Å²) >= 11 is 0. The van der Waals surface area contributed by atoms with E-state index in [4.69, 9.17) is 13.9 Å². The van der Waals surface area contributed by atoms with Crippen LogP contribution in [0.2, 0.25) is 0 Å². The Bertz CT molecular complexity index is 797. The van der Waals surface area contributed by atoms with E-state index in [2.05, 4.69) is 0 Å². The molecule has 0 unspecified atom stereocenters. The number of ether oxygens (including phenoxy) is 2. The first-order chi connectivity index (χ1) is 12.2. The highest BCUT2D eigenvalue weighted by Crippen LogP contribution is 2.71. The summed E-state index contributed by atoms with van der Waals surface area (Å²) < 4.78 is 16.8. The van der Waals surface area contributed by atoms with Crippen LogP contribution in [-0.4, -0.2) is 34.2 Å². The molecule has 6 nitrogen and oxygen atoms in total. The van der Waals surface area contributed by atoms with Gasteiger partial charge >= 0.3 is 5.97 Å². The number of aliphatic hydroxyl groups is 1. The van der Waals surface area contributed by atoms with Crippen LogP contribution < -0.4 is 0 Å². The third-order valence-corrected chi connectivity index (χ3v) is 8.07. The Kier molecular flexibility index (Phi) is 2.92. The maximum Gasteiger partial charge on any atom is 0.316 e. The van der Waals surface area contributed by atoms with Gasteiger partial charge in [0.05, 0.1) is 29.6 Å². The summed E-state index contributed by atoms with van der Waals surface area (Å²) in [6.45, 7) is 5.52. The summed E-state index contributed by atoms with van der Waals surface area (Å²) in [5.41, 5.74) is -3.11. The zero-order valence-electron chi connectivity index (χ0n) is 15.3. The Morgan fingerprint density at radius 2 is 1.96 bits per heavy atom. The van der Waals surface area contributed by atoms with Gasteiger partial charge in [-0.25, -0.2) is 0 Å². The minimum Gasteiger partial charge on any atom is -0.472 e. The van der Waals surface area contributed by atoms with Crippen molar-refractivity contribution < 1.29 is 28.6 Å². The minimum absolute atomic E-state index is 0.0117. The third-order valence-electron chi connectivity index (χ3n) is 8.07. The molecule has 140 valence electrons. The number of hydrogen-bond acceptors (Lipinski definition) is 6. The number of carbonyl (C=O) groups excluding carboxylic acids is 2. The molecule has 7 atom stereocenters. The molecule has 1 aromatic rings. The van der Waals surface area contributed by atoms with E-state index in [1.165, 1.54) is 0 Å². The highest BCUT2D eigenvalue weighted by atomic mass is 16.6. The first kappa shape index (κ1) is 16.5. The van der Waals surface area contributed by atoms with Crippen molar-refractivity contribution in [1.82, 2.24) is 0 Å². The number of furan rings is 1. The molecule has 6 heteroatoms. The van der Waals surface area contributed by atoms with Gasteiger partial charge in [-0.3, -0.25) is 9.59 Å². The number of esters is 1. The molecular formula is C20H24O6. The van der Waals surface area contributed by atoms with Gasteiger partial charge in [0.2, 0.25) is 0 Å². The van der Waals surface area contributed by atoms with E-state index in [0.29, 0.717) is 12.8 Å². The lowest BCUT2D eigenvalue weighted by Crippen LogP contribution is -2.69. The van der Waals surface area contributed by atoms with Crippen molar-refractivity contribution in [3.63, 3.8) is 0 Å². The number of carbonyl (C=O) groups is 2. The van der Waals surface area contributed by atoms with Crippen molar-refractivity contribution in [3.05, 3.63) is 24.2 Å². The van der Waals surface area contributed by atoms with E-state index >= 15 is 0 Å². The molecule has 3 heterocycles. The molecule has 5 rings (SSSR count). The van der Waals surface area contributed by atoms with Crippen molar-refractivity contribution in [1.29, 1.82) is 0 Å². The fourth-order valence-corrected chi connectivity index (χ4v) is 6.27. The molecule has 0 radical (unpaired) electrons. The fraction of sp³-hybridized carbons (Fsp3) is 0.700. The van der Waals surface area contributed by atoms with Crippen LogP contribution in [0.25, 0.3) is 0 Å². The fourth-order valence-electron chi connectivity index (χ4n) is 6.27. The Balaban J connectivity index is 1.64. The van der Waals surface area contributed by atoms with Gasteiger partial charge < -0.3 is 19.0 Å². The van der Waals surface area contributed by atoms with Crippen LogP contribution in [0.4, 0.5) is 0 Å². The van der Waals surface area contributed by atoms with Crippen molar-refractivity contribution in [2.24, 2.45) is 16.7 Å². The maximum atomic E-state index is 13.2. The summed E-state index contributed by atoms with van der Waals surface area (Å²) in [6, 6.07) is 1.78. The van der Waals surface area contributed by atoms with Crippen molar-refractivity contribution in [2.75, 3.05) is 0 Å². The molecule has 2 saturated heterocycles. The summed E-state index contributed by atoms with van der Waals surface area (Å²) in [4.78, 5) is 26.4. The van der Waals surface area contributed by atoms with Gasteiger partial charge in [0.15, 0.2) is 0 Å². The second-order valence-corrected chi connectivity index (χ2v) is 9.05. The molecule has 0 amide bonds. The predicted molar refractivity (Wildman–Crippen MR) is 88.9 cm³/mol. The van der Waals surface area contributed by atoms with Crippen LogP contribution >= 0.6 is 0 Å². The Labute approximate surface area is 151 Å². The average molecular weight is 360 g/mol. The lowest BCUT2D eigenvalue weighted by molar-refractivity contribution is -0.201. The molecule has 1 N–H and O–H groups in total. The quantitative estimate of drug-likeness (QED) is 0.611. The van der Waals surface area contributed by atoms with Crippen LogP contribution in [0.15, 0.2) is 23.0 Å². The van der Waals surface area contributed by atoms with E-state index < -0.39 is 34.1 Å². The van der Waals surface area contributed by atoms with Gasteiger partial charge in [-0.1, -0.05) is 0 Å². The average Bonchev–Trinajstić information content (AvgIpc) is 2.94. The Hall–Kier alpha value is -1.66. The first-order valence-corrected chi connectivity index (χ1v) is 9.33. The van der Waals surface area contributed by atoms with Gasteiger partial charge in [0.1, 0.15) is 22.9 Å². The van der Waals surface area contributed by atoms with E-state index in [1.807, 2.05) is 13.8 Å². The smallest absolute Gasteiger partial charge is 0.316 e. The molecule has 4 aliphatic rings. The topological polar surface area (TPSA) is 89.3 Å². The van der Waals surface area contributed by atoms with Crippen molar-refractivity contribution >= 4 is 11.8 Å². The van der Waals surface area contributed by atoms with Crippen molar-refractivity contribution in [3.8, 4) is 0 Å². The molecule has 0 aromatic carbocycles. The van der Waals surface area contributed by atoms with Crippen LogP contribution in [0, 0.1) is 16.7 Å². The maximum absolute atomic E-state index is 13.2. The lowest BCUT2D eigenvalue weighted by atomic mass is 9.42. The number of rotatable bonds is 1. The number of cyclic esters (lactones) is 1.